The molecule has 0 N–H and O–H groups in total. The minimum Gasteiger partial charge on any atom is -0.493 e. The lowest BCUT2D eigenvalue weighted by atomic mass is 10.0. The van der Waals surface area contributed by atoms with Crippen LogP contribution in [-0.4, -0.2) is 30.7 Å². The second-order valence-corrected chi connectivity index (χ2v) is 8.60. The van der Waals surface area contributed by atoms with Crippen LogP contribution in [0.25, 0.3) is 0 Å². The quantitative estimate of drug-likeness (QED) is 0.451. The van der Waals surface area contributed by atoms with Crippen molar-refractivity contribution < 1.29 is 14.3 Å². The van der Waals surface area contributed by atoms with Crippen LogP contribution in [0.15, 0.2) is 40.8 Å². The van der Waals surface area contributed by atoms with Gasteiger partial charge in [0, 0.05) is 13.3 Å². The summed E-state index contributed by atoms with van der Waals surface area (Å²) >= 11 is 3.05. The average molecular weight is 464 g/mol. The van der Waals surface area contributed by atoms with Gasteiger partial charge in [-0.1, -0.05) is 23.5 Å². The first-order chi connectivity index (χ1) is 14.0. The number of ether oxygens (including phenoxy) is 2. The molecule has 0 spiro atoms. The molecule has 3 heterocycles. The summed E-state index contributed by atoms with van der Waals surface area (Å²) in [5, 5.41) is 9.60. The Hall–Kier alpha value is -2.42. The highest BCUT2D eigenvalue weighted by Crippen LogP contribution is 2.42. The number of carbonyl (C=O) groups is 1. The van der Waals surface area contributed by atoms with Crippen LogP contribution in [0.3, 0.4) is 0 Å². The number of benzene rings is 1. The monoisotopic (exact) mass is 463 g/mol. The number of aromatic nitrogens is 1. The lowest BCUT2D eigenvalue weighted by molar-refractivity contribution is 0.102. The topological polar surface area (TPSA) is 64.0 Å². The predicted octanol–water partition coefficient (Wildman–Crippen LogP) is 5.51. The van der Waals surface area contributed by atoms with Gasteiger partial charge in [0.25, 0.3) is 0 Å². The van der Waals surface area contributed by atoms with Crippen LogP contribution in [0, 0.1) is 6.92 Å². The third-order valence-electron chi connectivity index (χ3n) is 4.81. The zero-order valence-corrected chi connectivity index (χ0v) is 19.5. The first-order valence-electron chi connectivity index (χ1n) is 9.12. The van der Waals surface area contributed by atoms with Crippen molar-refractivity contribution >= 4 is 51.7 Å². The fourth-order valence-electron chi connectivity index (χ4n) is 3.40. The summed E-state index contributed by atoms with van der Waals surface area (Å²) in [6.45, 7) is 3.43. The molecular weight excluding hydrogens is 442 g/mol. The van der Waals surface area contributed by atoms with Gasteiger partial charge in [0.1, 0.15) is 0 Å². The van der Waals surface area contributed by atoms with Crippen molar-refractivity contribution in [2.45, 2.75) is 26.3 Å². The van der Waals surface area contributed by atoms with Crippen molar-refractivity contribution in [3.05, 3.63) is 56.7 Å². The van der Waals surface area contributed by atoms with Crippen LogP contribution in [0.2, 0.25) is 0 Å². The van der Waals surface area contributed by atoms with E-state index in [0.717, 1.165) is 33.4 Å². The van der Waals surface area contributed by atoms with Gasteiger partial charge in [0.2, 0.25) is 5.13 Å². The Morgan fingerprint density at radius 1 is 1.20 bits per heavy atom. The Morgan fingerprint density at radius 3 is 2.57 bits per heavy atom. The second-order valence-electron chi connectivity index (χ2n) is 6.67. The molecule has 0 aliphatic carbocycles. The number of ketones is 1. The van der Waals surface area contributed by atoms with E-state index in [1.54, 1.807) is 32.5 Å². The Bertz CT molecular complexity index is 1080. The normalized spacial score (nSPS) is 15.5. The van der Waals surface area contributed by atoms with E-state index in [9.17, 15) is 4.79 Å². The van der Waals surface area contributed by atoms with E-state index in [1.807, 2.05) is 41.6 Å². The van der Waals surface area contributed by atoms with Crippen molar-refractivity contribution in [1.29, 1.82) is 0 Å². The predicted molar refractivity (Wildman–Crippen MR) is 124 cm³/mol. The fraction of sp³-hybridized carbons (Fsp3) is 0.286. The maximum atomic E-state index is 11.9. The Balaban J connectivity index is 0.00000256. The number of Topliss-reactive ketones (excluding diaryl/α,β-unsaturated/α-hetero) is 1. The fourth-order valence-corrected chi connectivity index (χ4v) is 5.09. The van der Waals surface area contributed by atoms with Gasteiger partial charge >= 0.3 is 0 Å². The number of hydrazone groups is 1. The zero-order chi connectivity index (χ0) is 20.5. The largest absolute Gasteiger partial charge is 0.493 e. The number of halogens is 1. The Morgan fingerprint density at radius 2 is 1.97 bits per heavy atom. The molecule has 1 aromatic carbocycles. The van der Waals surface area contributed by atoms with Gasteiger partial charge < -0.3 is 9.47 Å². The van der Waals surface area contributed by atoms with E-state index >= 15 is 0 Å². The summed E-state index contributed by atoms with van der Waals surface area (Å²) in [6.07, 6.45) is 0.740. The first-order valence-corrected chi connectivity index (χ1v) is 10.8. The van der Waals surface area contributed by atoms with Gasteiger partial charge in [0.15, 0.2) is 17.3 Å². The third-order valence-corrected chi connectivity index (χ3v) is 6.98. The van der Waals surface area contributed by atoms with E-state index < -0.39 is 0 Å². The van der Waals surface area contributed by atoms with Crippen LogP contribution in [0.4, 0.5) is 5.13 Å². The number of thiophene rings is 1. The van der Waals surface area contributed by atoms with E-state index in [2.05, 4.69) is 11.1 Å². The molecule has 0 fully saturated rings. The molecule has 0 bridgehead atoms. The van der Waals surface area contributed by atoms with Gasteiger partial charge in [-0.25, -0.2) is 9.99 Å². The molecule has 3 aromatic rings. The number of thiazole rings is 1. The maximum absolute atomic E-state index is 11.9. The van der Waals surface area contributed by atoms with Crippen molar-refractivity contribution in [2.75, 3.05) is 19.2 Å². The number of hydrogen-bond donors (Lipinski definition) is 0. The molecule has 0 saturated heterocycles. The number of methoxy groups -OCH3 is 2. The van der Waals surface area contributed by atoms with Crippen LogP contribution < -0.4 is 14.5 Å². The molecule has 2 aromatic heterocycles. The number of carbonyl (C=O) groups excluding carboxylic acids is 1. The summed E-state index contributed by atoms with van der Waals surface area (Å²) in [7, 11) is 3.25. The minimum absolute atomic E-state index is 0. The standard InChI is InChI=1S/C21H21N3O3S2.ClH/c1-12-20(13(2)25)29-21(22-12)24-16(11-15(23-24)19-6-5-9-28-19)14-7-8-17(26-3)18(10-14)27-4;/h5-10,16H,11H2,1-4H3;1H. The molecule has 9 heteroatoms. The van der Waals surface area contributed by atoms with Crippen molar-refractivity contribution in [3.8, 4) is 11.5 Å². The summed E-state index contributed by atoms with van der Waals surface area (Å²) < 4.78 is 10.9. The van der Waals surface area contributed by atoms with Crippen LogP contribution >= 0.6 is 35.1 Å². The third kappa shape index (κ3) is 4.08. The molecule has 4 rings (SSSR count). The second kappa shape index (κ2) is 9.16. The molecule has 1 atom stereocenters. The number of anilines is 1. The van der Waals surface area contributed by atoms with E-state index in [-0.39, 0.29) is 24.2 Å². The molecule has 1 aliphatic rings. The number of aryl methyl sites for hydroxylation is 1. The molecule has 6 nitrogen and oxygen atoms in total. The van der Waals surface area contributed by atoms with Crippen molar-refractivity contribution in [3.63, 3.8) is 0 Å². The molecule has 1 aliphatic heterocycles. The summed E-state index contributed by atoms with van der Waals surface area (Å²) in [6, 6.07) is 9.97. The highest BCUT2D eigenvalue weighted by Gasteiger charge is 2.33. The van der Waals surface area contributed by atoms with E-state index in [1.165, 1.54) is 11.3 Å². The van der Waals surface area contributed by atoms with Gasteiger partial charge in [0.05, 0.1) is 41.4 Å². The van der Waals surface area contributed by atoms with E-state index in [0.29, 0.717) is 16.4 Å². The molecule has 1 unspecified atom stereocenters. The van der Waals surface area contributed by atoms with E-state index in [4.69, 9.17) is 14.6 Å². The van der Waals surface area contributed by atoms with Gasteiger partial charge in [-0.05, 0) is 36.1 Å². The lowest BCUT2D eigenvalue weighted by Gasteiger charge is -2.22. The zero-order valence-electron chi connectivity index (χ0n) is 17.0. The highest BCUT2D eigenvalue weighted by molar-refractivity contribution is 7.17. The summed E-state index contributed by atoms with van der Waals surface area (Å²) in [5.74, 6) is 1.38. The lowest BCUT2D eigenvalue weighted by Crippen LogP contribution is -2.18. The van der Waals surface area contributed by atoms with Gasteiger partial charge in [-0.3, -0.25) is 4.79 Å². The van der Waals surface area contributed by atoms with Crippen LogP contribution in [0.5, 0.6) is 11.5 Å². The summed E-state index contributed by atoms with van der Waals surface area (Å²) in [5.41, 5.74) is 2.80. The molecule has 0 saturated carbocycles. The smallest absolute Gasteiger partial charge is 0.207 e. The van der Waals surface area contributed by atoms with Crippen molar-refractivity contribution in [1.82, 2.24) is 4.98 Å². The first kappa shape index (κ1) is 22.3. The number of hydrogen-bond acceptors (Lipinski definition) is 8. The Kier molecular flexibility index (Phi) is 6.80. The van der Waals surface area contributed by atoms with Crippen LogP contribution in [0.1, 0.15) is 45.2 Å². The molecule has 30 heavy (non-hydrogen) atoms. The Labute approximate surface area is 189 Å². The van der Waals surface area contributed by atoms with Gasteiger partial charge in [-0.2, -0.15) is 5.10 Å². The average Bonchev–Trinajstić information content (AvgIpc) is 3.45. The van der Waals surface area contributed by atoms with Crippen molar-refractivity contribution in [2.24, 2.45) is 5.10 Å². The number of rotatable bonds is 6. The molecule has 0 amide bonds. The maximum Gasteiger partial charge on any atom is 0.207 e. The highest BCUT2D eigenvalue weighted by atomic mass is 35.5. The molecular formula is C21H22ClN3O3S2. The van der Waals surface area contributed by atoms with Crippen LogP contribution in [-0.2, 0) is 0 Å². The molecule has 158 valence electrons. The van der Waals surface area contributed by atoms with Gasteiger partial charge in [-0.15, -0.1) is 23.7 Å². The SMILES string of the molecule is COc1ccc(C2CC(c3cccs3)=NN2c2nc(C)c(C(C)=O)s2)cc1OC.Cl. The minimum atomic E-state index is -0.0442. The summed E-state index contributed by atoms with van der Waals surface area (Å²) in [4.78, 5) is 18.4. The number of nitrogens with zero attached hydrogens (tertiary/aromatic N) is 3. The molecule has 0 radical (unpaired) electrons.